The third kappa shape index (κ3) is 15.0. The fourth-order valence-electron chi connectivity index (χ4n) is 6.30. The molecular weight excluding hydrogens is 755 g/mol. The Balaban J connectivity index is 0.0000140. The van der Waals surface area contributed by atoms with Crippen LogP contribution in [0.25, 0.3) is 5.73 Å². The van der Waals surface area contributed by atoms with Crippen molar-refractivity contribution in [1.82, 2.24) is 15.1 Å². The van der Waals surface area contributed by atoms with Gasteiger partial charge in [-0.05, 0) is 49.3 Å². The van der Waals surface area contributed by atoms with Gasteiger partial charge in [-0.15, -0.1) is 6.42 Å². The maximum Gasteiger partial charge on any atom is 0.329 e. The maximum absolute atomic E-state index is 14.0. The molecule has 53 heavy (non-hydrogen) atoms. The number of nitrogens with two attached hydrogens (primary N) is 1. The second-order valence-corrected chi connectivity index (χ2v) is 15.0. The fourth-order valence-corrected chi connectivity index (χ4v) is 6.30. The minimum Gasteiger partial charge on any atom is -0.667 e. The number of likely N-dealkylation sites (N-methyl/N-ethyl adjacent to an activating group) is 1. The van der Waals surface area contributed by atoms with Gasteiger partial charge in [0.2, 0.25) is 17.7 Å². The van der Waals surface area contributed by atoms with Crippen LogP contribution in [0.3, 0.4) is 0 Å². The third-order valence-corrected chi connectivity index (χ3v) is 9.85. The molecule has 1 saturated heterocycles. The number of hydrogen-bond acceptors (Lipinski definition) is 9. The zero-order valence-electron chi connectivity index (χ0n) is 33.2. The average Bonchev–Trinajstić information content (AvgIpc) is 3.60. The first-order valence-corrected chi connectivity index (χ1v) is 18.6. The number of nitrogens with one attached hydrogen (secondary N) is 2. The van der Waals surface area contributed by atoms with E-state index in [9.17, 15) is 29.1 Å². The molecule has 8 atom stereocenters. The Labute approximate surface area is 341 Å². The van der Waals surface area contributed by atoms with Crippen molar-refractivity contribution in [2.75, 3.05) is 20.7 Å². The predicted molar refractivity (Wildman–Crippen MR) is 200 cm³/mol. The summed E-state index contributed by atoms with van der Waals surface area (Å²) < 4.78 is 11.0. The number of ketones is 1. The molecule has 2 rings (SSSR count). The van der Waals surface area contributed by atoms with Gasteiger partial charge in [0.05, 0.1) is 19.3 Å². The van der Waals surface area contributed by atoms with Gasteiger partial charge >= 0.3 is 5.97 Å². The molecule has 0 aromatic heterocycles. The van der Waals surface area contributed by atoms with E-state index in [0.29, 0.717) is 43.5 Å². The minimum atomic E-state index is -1.33. The summed E-state index contributed by atoms with van der Waals surface area (Å²) in [5.41, 5.74) is 15.4. The summed E-state index contributed by atoms with van der Waals surface area (Å²) in [6.45, 7) is 13.4. The van der Waals surface area contributed by atoms with Crippen LogP contribution >= 0.6 is 0 Å². The monoisotopic (exact) mass is 818 g/mol. The van der Waals surface area contributed by atoms with Gasteiger partial charge in [-0.2, -0.15) is 5.92 Å². The number of carbonyl (C=O) groups is 5. The van der Waals surface area contributed by atoms with Gasteiger partial charge in [0.15, 0.2) is 0 Å². The number of nitrogens with zero attached hydrogens (tertiary/aromatic N) is 2. The number of aliphatic hydroxyl groups is 1. The van der Waals surface area contributed by atoms with E-state index in [-0.39, 0.29) is 75.5 Å². The standard InChI is InChI=1S/C39H63N5O8.Y/c1-10-25(6)35(33(46)22-28(45)16-13-23(2)3)42-36(47)34(41)26(7)52-39(50)32(21-27-14-17-29(51-9)18-15-27)43(8)38(49)31-12-11-19-44(31)37(48)30(40)20-24(4)5;/h13-15,17-18,23-26,30-35,40,46H,10-12,16,19-22,41H2,1-9H3,(H,42,47);/q-2;/t25-,26+,30?,31-,32-,33-,34-,35+;/m0./s1. The van der Waals surface area contributed by atoms with Crippen LogP contribution in [0.15, 0.2) is 24.3 Å². The van der Waals surface area contributed by atoms with E-state index in [2.05, 4.69) is 5.32 Å². The largest absolute Gasteiger partial charge is 0.667 e. The molecule has 1 fully saturated rings. The zero-order chi connectivity index (χ0) is 39.3. The van der Waals surface area contributed by atoms with Gasteiger partial charge in [0.25, 0.3) is 0 Å². The molecule has 0 bridgehead atoms. The van der Waals surface area contributed by atoms with Gasteiger partial charge in [-0.3, -0.25) is 14.4 Å². The van der Waals surface area contributed by atoms with Crippen LogP contribution < -0.4 is 15.8 Å². The van der Waals surface area contributed by atoms with Crippen molar-refractivity contribution in [1.29, 1.82) is 0 Å². The molecule has 1 radical (unpaired) electrons. The number of methoxy groups -OCH3 is 1. The predicted octanol–water partition coefficient (Wildman–Crippen LogP) is 3.88. The third-order valence-electron chi connectivity index (χ3n) is 9.85. The molecule has 14 heteroatoms. The summed E-state index contributed by atoms with van der Waals surface area (Å²) in [6, 6.07) is 1.98. The van der Waals surface area contributed by atoms with Crippen molar-refractivity contribution in [2.24, 2.45) is 23.5 Å². The van der Waals surface area contributed by atoms with Crippen LogP contribution in [0, 0.1) is 24.2 Å². The van der Waals surface area contributed by atoms with Crippen LogP contribution in [0.2, 0.25) is 0 Å². The van der Waals surface area contributed by atoms with Gasteiger partial charge in [-0.25, -0.2) is 4.79 Å². The van der Waals surface area contributed by atoms with Gasteiger partial charge < -0.3 is 52.4 Å². The number of benzene rings is 1. The van der Waals surface area contributed by atoms with Crippen LogP contribution in [0.5, 0.6) is 5.75 Å². The van der Waals surface area contributed by atoms with E-state index < -0.39 is 66.1 Å². The van der Waals surface area contributed by atoms with Crippen LogP contribution in [-0.2, 0) is 67.8 Å². The summed E-state index contributed by atoms with van der Waals surface area (Å²) in [6.07, 6.45) is 1.75. The molecule has 1 heterocycles. The summed E-state index contributed by atoms with van der Waals surface area (Å²) in [7, 11) is 3.03. The topological polar surface area (TPSA) is 192 Å². The Morgan fingerprint density at radius 2 is 1.72 bits per heavy atom. The Bertz CT molecular complexity index is 1330. The molecule has 0 aliphatic carbocycles. The maximum atomic E-state index is 14.0. The molecule has 0 spiro atoms. The average molecular weight is 819 g/mol. The number of hydrogen-bond donors (Lipinski definition) is 3. The number of esters is 1. The quantitative estimate of drug-likeness (QED) is 0.122. The van der Waals surface area contributed by atoms with E-state index in [1.54, 1.807) is 24.3 Å². The molecule has 13 nitrogen and oxygen atoms in total. The van der Waals surface area contributed by atoms with Crippen molar-refractivity contribution >= 4 is 29.5 Å². The summed E-state index contributed by atoms with van der Waals surface area (Å²) in [5, 5.41) is 13.8. The molecule has 1 unspecified atom stereocenters. The molecular formula is C39H63N5O8Y-2. The Morgan fingerprint density at radius 3 is 2.26 bits per heavy atom. The summed E-state index contributed by atoms with van der Waals surface area (Å²) >= 11 is 0. The van der Waals surface area contributed by atoms with E-state index in [4.69, 9.17) is 20.9 Å². The summed E-state index contributed by atoms with van der Waals surface area (Å²) in [4.78, 5) is 69.8. The molecule has 1 aromatic rings. The SMILES string of the molecule is CC[C@H](C)[C@@H](NC(=O)[C@@H](N)[C@@H](C)OC(=O)[C@H](Cc1ccc(OC)cc1)N(C)C(=O)[C@@H]1CCCN1C(=O)C([NH-])CC(C)C)[C@@H](O)CC(=O)C[CH-]C(C)C.[Y]. The zero-order valence-corrected chi connectivity index (χ0v) is 36.0. The van der Waals surface area contributed by atoms with E-state index in [1.165, 1.54) is 30.9 Å². The van der Waals surface area contributed by atoms with Crippen LogP contribution in [0.4, 0.5) is 0 Å². The van der Waals surface area contributed by atoms with Crippen LogP contribution in [-0.4, -0.2) is 107 Å². The van der Waals surface area contributed by atoms with Crippen molar-refractivity contribution in [3.8, 4) is 5.75 Å². The number of Topliss-reactive ketones (excluding diaryl/α,β-unsaturated/α-hetero) is 1. The van der Waals surface area contributed by atoms with Crippen LogP contribution in [0.1, 0.15) is 92.6 Å². The van der Waals surface area contributed by atoms with E-state index in [1.807, 2.05) is 48.0 Å². The second-order valence-electron chi connectivity index (χ2n) is 15.0. The molecule has 1 aromatic carbocycles. The molecule has 1 aliphatic rings. The Hall–Kier alpha value is -2.45. The molecule has 1 aliphatic heterocycles. The fraction of sp³-hybridized carbons (Fsp3) is 0.692. The van der Waals surface area contributed by atoms with Crippen molar-refractivity contribution in [3.05, 3.63) is 42.0 Å². The van der Waals surface area contributed by atoms with Crippen molar-refractivity contribution < 1.29 is 71.3 Å². The molecule has 5 N–H and O–H groups in total. The van der Waals surface area contributed by atoms with E-state index in [0.717, 1.165) is 0 Å². The Kier molecular flexibility index (Phi) is 21.5. The number of rotatable bonds is 21. The van der Waals surface area contributed by atoms with Gasteiger partial charge in [0.1, 0.15) is 35.8 Å². The molecule has 0 saturated carbocycles. The number of ether oxygens (including phenoxy) is 2. The van der Waals surface area contributed by atoms with Crippen molar-refractivity contribution in [3.63, 3.8) is 0 Å². The first-order valence-electron chi connectivity index (χ1n) is 18.6. The smallest absolute Gasteiger partial charge is 0.329 e. The first kappa shape index (κ1) is 48.6. The van der Waals surface area contributed by atoms with Gasteiger partial charge in [-0.1, -0.05) is 72.6 Å². The summed E-state index contributed by atoms with van der Waals surface area (Å²) in [5.74, 6) is -1.65. The number of aliphatic hydroxyl groups excluding tert-OH is 1. The van der Waals surface area contributed by atoms with E-state index >= 15 is 0 Å². The molecule has 3 amide bonds. The minimum absolute atomic E-state index is 0. The molecule has 297 valence electrons. The second kappa shape index (κ2) is 23.5. The van der Waals surface area contributed by atoms with Gasteiger partial charge in [0, 0.05) is 59.1 Å². The normalized spacial score (nSPS) is 18.2. The number of likely N-dealkylation sites (tertiary alicyclic amines) is 1. The number of carbonyl (C=O) groups excluding carboxylic acids is 5. The van der Waals surface area contributed by atoms with Crippen molar-refractivity contribution in [2.45, 2.75) is 136 Å². The Morgan fingerprint density at radius 1 is 1.09 bits per heavy atom. The number of amides is 3. The first-order chi connectivity index (χ1) is 24.4.